The Bertz CT molecular complexity index is 868. The zero-order valence-electron chi connectivity index (χ0n) is 15.1. The molecule has 0 saturated heterocycles. The third-order valence-corrected chi connectivity index (χ3v) is 4.36. The molecule has 27 heavy (non-hydrogen) atoms. The second-order valence-corrected chi connectivity index (χ2v) is 6.38. The monoisotopic (exact) mass is 363 g/mol. The first-order chi connectivity index (χ1) is 13.1. The Kier molecular flexibility index (Phi) is 6.34. The summed E-state index contributed by atoms with van der Waals surface area (Å²) in [6.07, 6.45) is 0. The van der Waals surface area contributed by atoms with Gasteiger partial charge in [-0.3, -0.25) is 5.32 Å². The van der Waals surface area contributed by atoms with Gasteiger partial charge in [0.25, 0.3) is 0 Å². The zero-order chi connectivity index (χ0) is 19.1. The lowest BCUT2D eigenvalue weighted by atomic mass is 10.0. The molecule has 0 fully saturated rings. The van der Waals surface area contributed by atoms with E-state index in [9.17, 15) is 9.18 Å². The van der Waals surface area contributed by atoms with Gasteiger partial charge in [0.1, 0.15) is 18.5 Å². The molecule has 0 heterocycles. The highest BCUT2D eigenvalue weighted by Crippen LogP contribution is 2.22. The molecule has 1 N–H and O–H groups in total. The maximum Gasteiger partial charge on any atom is 0.328 e. The van der Waals surface area contributed by atoms with Crippen molar-refractivity contribution in [3.8, 4) is 0 Å². The summed E-state index contributed by atoms with van der Waals surface area (Å²) in [5.41, 5.74) is 2.50. The average Bonchev–Trinajstić information content (AvgIpc) is 2.71. The standard InChI is InChI=1S/C23H22FNO2/c1-17(20-13-8-14-21(24)15-20)25-22(19-11-6-3-7-12-19)23(26)27-16-18-9-4-2-5-10-18/h2-15,17,22,25H,16H2,1H3/t17-,22?/m1/s1. The maximum atomic E-state index is 13.5. The fourth-order valence-electron chi connectivity index (χ4n) is 2.88. The summed E-state index contributed by atoms with van der Waals surface area (Å²) in [6.45, 7) is 2.11. The minimum atomic E-state index is -0.645. The van der Waals surface area contributed by atoms with Gasteiger partial charge in [0.05, 0.1) is 0 Å². The van der Waals surface area contributed by atoms with E-state index in [-0.39, 0.29) is 24.4 Å². The fraction of sp³-hybridized carbons (Fsp3) is 0.174. The van der Waals surface area contributed by atoms with E-state index >= 15 is 0 Å². The molecular formula is C23H22FNO2. The molecule has 0 aromatic heterocycles. The smallest absolute Gasteiger partial charge is 0.328 e. The van der Waals surface area contributed by atoms with Crippen molar-refractivity contribution < 1.29 is 13.9 Å². The summed E-state index contributed by atoms with van der Waals surface area (Å²) in [4.78, 5) is 12.8. The molecule has 0 aliphatic carbocycles. The molecule has 0 radical (unpaired) electrons. The largest absolute Gasteiger partial charge is 0.459 e. The van der Waals surface area contributed by atoms with E-state index in [0.717, 1.165) is 16.7 Å². The number of rotatable bonds is 7. The number of halogens is 1. The van der Waals surface area contributed by atoms with Crippen molar-refractivity contribution in [3.05, 3.63) is 107 Å². The van der Waals surface area contributed by atoms with Crippen LogP contribution >= 0.6 is 0 Å². The Balaban J connectivity index is 1.75. The van der Waals surface area contributed by atoms with Crippen molar-refractivity contribution in [1.82, 2.24) is 5.32 Å². The maximum absolute atomic E-state index is 13.5. The van der Waals surface area contributed by atoms with Crippen molar-refractivity contribution in [2.75, 3.05) is 0 Å². The van der Waals surface area contributed by atoms with Gasteiger partial charge in [0, 0.05) is 6.04 Å². The average molecular weight is 363 g/mol. The highest BCUT2D eigenvalue weighted by atomic mass is 19.1. The van der Waals surface area contributed by atoms with Crippen LogP contribution in [0.2, 0.25) is 0 Å². The molecule has 3 aromatic rings. The van der Waals surface area contributed by atoms with Gasteiger partial charge in [-0.05, 0) is 35.7 Å². The number of nitrogens with one attached hydrogen (secondary N) is 1. The predicted molar refractivity (Wildman–Crippen MR) is 103 cm³/mol. The minimum absolute atomic E-state index is 0.207. The number of carbonyl (C=O) groups is 1. The molecular weight excluding hydrogens is 341 g/mol. The van der Waals surface area contributed by atoms with Crippen LogP contribution in [-0.4, -0.2) is 5.97 Å². The van der Waals surface area contributed by atoms with Gasteiger partial charge in [-0.25, -0.2) is 9.18 Å². The normalized spacial score (nSPS) is 13.0. The molecule has 0 saturated carbocycles. The first-order valence-corrected chi connectivity index (χ1v) is 8.90. The van der Waals surface area contributed by atoms with E-state index in [1.54, 1.807) is 6.07 Å². The van der Waals surface area contributed by atoms with Gasteiger partial charge in [-0.15, -0.1) is 0 Å². The van der Waals surface area contributed by atoms with Crippen molar-refractivity contribution >= 4 is 5.97 Å². The molecule has 0 bridgehead atoms. The predicted octanol–water partition coefficient (Wildman–Crippen LogP) is 4.96. The second kappa shape index (κ2) is 9.10. The number of benzene rings is 3. The van der Waals surface area contributed by atoms with Crippen LogP contribution < -0.4 is 5.32 Å². The van der Waals surface area contributed by atoms with E-state index in [4.69, 9.17) is 4.74 Å². The summed E-state index contributed by atoms with van der Waals surface area (Å²) < 4.78 is 19.1. The molecule has 0 spiro atoms. The highest BCUT2D eigenvalue weighted by Gasteiger charge is 2.24. The molecule has 3 rings (SSSR count). The minimum Gasteiger partial charge on any atom is -0.459 e. The van der Waals surface area contributed by atoms with Crippen LogP contribution in [0.4, 0.5) is 4.39 Å². The van der Waals surface area contributed by atoms with Crippen LogP contribution in [0.1, 0.15) is 35.7 Å². The Morgan fingerprint density at radius 2 is 1.56 bits per heavy atom. The van der Waals surface area contributed by atoms with Crippen LogP contribution in [-0.2, 0) is 16.1 Å². The SMILES string of the molecule is C[C@@H](NC(C(=O)OCc1ccccc1)c1ccccc1)c1cccc(F)c1. The third kappa shape index (κ3) is 5.25. The molecule has 4 heteroatoms. The summed E-state index contributed by atoms with van der Waals surface area (Å²) in [5.74, 6) is -0.669. The summed E-state index contributed by atoms with van der Waals surface area (Å²) >= 11 is 0. The third-order valence-electron chi connectivity index (χ3n) is 4.36. The summed E-state index contributed by atoms with van der Waals surface area (Å²) in [7, 11) is 0. The molecule has 0 aliphatic rings. The van der Waals surface area contributed by atoms with Crippen LogP contribution in [0.25, 0.3) is 0 Å². The van der Waals surface area contributed by atoms with E-state index in [1.807, 2.05) is 73.7 Å². The van der Waals surface area contributed by atoms with Gasteiger partial charge in [-0.2, -0.15) is 0 Å². The number of ether oxygens (including phenoxy) is 1. The first kappa shape index (κ1) is 18.8. The second-order valence-electron chi connectivity index (χ2n) is 6.38. The zero-order valence-corrected chi connectivity index (χ0v) is 15.1. The Morgan fingerprint density at radius 3 is 2.22 bits per heavy atom. The van der Waals surface area contributed by atoms with Gasteiger partial charge in [0.2, 0.25) is 0 Å². The van der Waals surface area contributed by atoms with Gasteiger partial charge in [-0.1, -0.05) is 72.8 Å². The number of carbonyl (C=O) groups excluding carboxylic acids is 1. The quantitative estimate of drug-likeness (QED) is 0.603. The Morgan fingerprint density at radius 1 is 0.926 bits per heavy atom. The molecule has 0 aliphatic heterocycles. The summed E-state index contributed by atoms with van der Waals surface area (Å²) in [6, 6.07) is 24.4. The fourth-order valence-corrected chi connectivity index (χ4v) is 2.88. The highest BCUT2D eigenvalue weighted by molar-refractivity contribution is 5.77. The molecule has 3 nitrogen and oxygen atoms in total. The van der Waals surface area contributed by atoms with E-state index in [0.29, 0.717) is 0 Å². The van der Waals surface area contributed by atoms with Crippen LogP contribution in [0, 0.1) is 5.82 Å². The van der Waals surface area contributed by atoms with Gasteiger partial charge >= 0.3 is 5.97 Å². The lowest BCUT2D eigenvalue weighted by Gasteiger charge is -2.23. The Labute approximate surface area is 158 Å². The lowest BCUT2D eigenvalue weighted by molar-refractivity contribution is -0.148. The van der Waals surface area contributed by atoms with Gasteiger partial charge in [0.15, 0.2) is 0 Å². The summed E-state index contributed by atoms with van der Waals surface area (Å²) in [5, 5.41) is 3.27. The number of hydrogen-bond acceptors (Lipinski definition) is 3. The van der Waals surface area contributed by atoms with Crippen molar-refractivity contribution in [1.29, 1.82) is 0 Å². The van der Waals surface area contributed by atoms with Crippen molar-refractivity contribution in [2.24, 2.45) is 0 Å². The molecule has 2 atom stereocenters. The van der Waals surface area contributed by atoms with Crippen LogP contribution in [0.3, 0.4) is 0 Å². The molecule has 3 aromatic carbocycles. The molecule has 1 unspecified atom stereocenters. The molecule has 0 amide bonds. The van der Waals surface area contributed by atoms with Crippen LogP contribution in [0.5, 0.6) is 0 Å². The van der Waals surface area contributed by atoms with Crippen LogP contribution in [0.15, 0.2) is 84.9 Å². The van der Waals surface area contributed by atoms with Gasteiger partial charge < -0.3 is 4.74 Å². The molecule has 138 valence electrons. The number of hydrogen-bond donors (Lipinski definition) is 1. The van der Waals surface area contributed by atoms with Crippen molar-refractivity contribution in [3.63, 3.8) is 0 Å². The lowest BCUT2D eigenvalue weighted by Crippen LogP contribution is -2.32. The van der Waals surface area contributed by atoms with E-state index in [2.05, 4.69) is 5.32 Å². The van der Waals surface area contributed by atoms with Crippen molar-refractivity contribution in [2.45, 2.75) is 25.6 Å². The van der Waals surface area contributed by atoms with E-state index in [1.165, 1.54) is 12.1 Å². The first-order valence-electron chi connectivity index (χ1n) is 8.90. The Hall–Kier alpha value is -2.98. The number of esters is 1. The topological polar surface area (TPSA) is 38.3 Å². The van der Waals surface area contributed by atoms with E-state index < -0.39 is 6.04 Å².